The highest BCUT2D eigenvalue weighted by molar-refractivity contribution is 7.71. The third-order valence-electron chi connectivity index (χ3n) is 1.17. The maximum atomic E-state index is 4.92. The Morgan fingerprint density at radius 2 is 2.50 bits per heavy atom. The molecule has 0 bridgehead atoms. The average Bonchev–Trinajstić information content (AvgIpc) is 1.94. The van der Waals surface area contributed by atoms with E-state index in [1.807, 2.05) is 0 Å². The van der Waals surface area contributed by atoms with Crippen LogP contribution in [0.15, 0.2) is 6.33 Å². The summed E-state index contributed by atoms with van der Waals surface area (Å²) in [5.74, 6) is 0. The first-order valence-corrected chi connectivity index (χ1v) is 3.64. The number of rotatable bonds is 2. The first-order valence-electron chi connectivity index (χ1n) is 3.23. The van der Waals surface area contributed by atoms with Crippen LogP contribution in [0, 0.1) is 4.64 Å². The predicted octanol–water partition coefficient (Wildman–Crippen LogP) is 1.49. The second-order valence-corrected chi connectivity index (χ2v) is 2.39. The second kappa shape index (κ2) is 3.41. The lowest BCUT2D eigenvalue weighted by molar-refractivity contribution is 0.809. The topological polar surface area (TPSA) is 41.6 Å². The summed E-state index contributed by atoms with van der Waals surface area (Å²) in [5.41, 5.74) is 0.889. The maximum absolute atomic E-state index is 4.92. The summed E-state index contributed by atoms with van der Waals surface area (Å²) in [7, 11) is 0. The summed E-state index contributed by atoms with van der Waals surface area (Å²) in [4.78, 5) is 3.89. The molecule has 1 N–H and O–H groups in total. The van der Waals surface area contributed by atoms with Gasteiger partial charge in [-0.15, -0.1) is 0 Å². The molecule has 0 aliphatic rings. The van der Waals surface area contributed by atoms with Crippen molar-refractivity contribution in [3.8, 4) is 0 Å². The van der Waals surface area contributed by atoms with E-state index in [4.69, 9.17) is 12.2 Å². The Labute approximate surface area is 64.5 Å². The van der Waals surface area contributed by atoms with Crippen molar-refractivity contribution in [2.75, 3.05) is 0 Å². The number of hydrogen-bond acceptors (Lipinski definition) is 3. The van der Waals surface area contributed by atoms with Crippen LogP contribution in [0.3, 0.4) is 0 Å². The standard InChI is InChI=1S/C6H9N3S/c1-2-3-5-6(10)7-4-8-9-5/h4H,2-3H2,1H3,(H,7,8,10). The van der Waals surface area contributed by atoms with Crippen molar-refractivity contribution in [2.24, 2.45) is 0 Å². The molecule has 0 aliphatic carbocycles. The van der Waals surface area contributed by atoms with Crippen LogP contribution < -0.4 is 0 Å². The molecule has 0 saturated carbocycles. The van der Waals surface area contributed by atoms with Crippen LogP contribution >= 0.6 is 12.2 Å². The normalized spacial score (nSPS) is 9.70. The number of aromatic amines is 1. The lowest BCUT2D eigenvalue weighted by Gasteiger charge is -1.93. The Morgan fingerprint density at radius 1 is 1.70 bits per heavy atom. The van der Waals surface area contributed by atoms with Crippen molar-refractivity contribution in [3.63, 3.8) is 0 Å². The van der Waals surface area contributed by atoms with Gasteiger partial charge in [0, 0.05) is 0 Å². The van der Waals surface area contributed by atoms with E-state index in [0.29, 0.717) is 4.64 Å². The molecule has 54 valence electrons. The number of H-pyrrole nitrogens is 1. The van der Waals surface area contributed by atoms with Crippen molar-refractivity contribution in [2.45, 2.75) is 19.8 Å². The summed E-state index contributed by atoms with van der Waals surface area (Å²) < 4.78 is 0.612. The summed E-state index contributed by atoms with van der Waals surface area (Å²) >= 11 is 4.92. The molecule has 1 heterocycles. The van der Waals surface area contributed by atoms with Crippen LogP contribution in [0.1, 0.15) is 19.0 Å². The lowest BCUT2D eigenvalue weighted by atomic mass is 10.3. The van der Waals surface area contributed by atoms with Gasteiger partial charge >= 0.3 is 0 Å². The number of aryl methyl sites for hydroxylation is 1. The van der Waals surface area contributed by atoms with Gasteiger partial charge in [-0.2, -0.15) is 5.10 Å². The molecular formula is C6H9N3S. The monoisotopic (exact) mass is 155 g/mol. The highest BCUT2D eigenvalue weighted by Crippen LogP contribution is 1.96. The number of hydrogen-bond donors (Lipinski definition) is 1. The average molecular weight is 155 g/mol. The van der Waals surface area contributed by atoms with Crippen molar-refractivity contribution in [1.29, 1.82) is 0 Å². The van der Waals surface area contributed by atoms with Gasteiger partial charge in [0.25, 0.3) is 0 Å². The third kappa shape index (κ3) is 1.60. The molecule has 0 spiro atoms. The van der Waals surface area contributed by atoms with Crippen LogP contribution in [0.25, 0.3) is 0 Å². The minimum absolute atomic E-state index is 0.612. The zero-order valence-electron chi connectivity index (χ0n) is 5.79. The van der Waals surface area contributed by atoms with Crippen molar-refractivity contribution in [1.82, 2.24) is 15.2 Å². The Morgan fingerprint density at radius 3 is 3.10 bits per heavy atom. The van der Waals surface area contributed by atoms with E-state index >= 15 is 0 Å². The van der Waals surface area contributed by atoms with E-state index in [0.717, 1.165) is 18.5 Å². The minimum Gasteiger partial charge on any atom is -0.267 e. The lowest BCUT2D eigenvalue weighted by Crippen LogP contribution is -1.94. The molecule has 1 aromatic rings. The summed E-state index contributed by atoms with van der Waals surface area (Å²) in [5, 5.41) is 6.64. The summed E-state index contributed by atoms with van der Waals surface area (Å²) in [6.07, 6.45) is 3.46. The molecule has 0 amide bonds. The molecule has 0 unspecified atom stereocenters. The van der Waals surface area contributed by atoms with E-state index in [2.05, 4.69) is 22.1 Å². The molecule has 0 fully saturated rings. The predicted molar refractivity (Wildman–Crippen MR) is 41.2 cm³/mol. The quantitative estimate of drug-likeness (QED) is 0.658. The summed E-state index contributed by atoms with van der Waals surface area (Å²) in [6.45, 7) is 2.09. The van der Waals surface area contributed by atoms with E-state index in [-0.39, 0.29) is 0 Å². The van der Waals surface area contributed by atoms with Gasteiger partial charge < -0.3 is 0 Å². The van der Waals surface area contributed by atoms with E-state index in [1.54, 1.807) is 0 Å². The fraction of sp³-hybridized carbons (Fsp3) is 0.500. The largest absolute Gasteiger partial charge is 0.267 e. The Bertz CT molecular complexity index is 255. The SMILES string of the molecule is CCCc1n[nH]cnc1=S. The first kappa shape index (κ1) is 7.34. The Balaban J connectivity index is 2.92. The van der Waals surface area contributed by atoms with Crippen molar-refractivity contribution < 1.29 is 0 Å². The van der Waals surface area contributed by atoms with Crippen LogP contribution in [0.5, 0.6) is 0 Å². The van der Waals surface area contributed by atoms with Crippen LogP contribution in [0.2, 0.25) is 0 Å². The zero-order chi connectivity index (χ0) is 7.40. The fourth-order valence-electron chi connectivity index (χ4n) is 0.716. The molecule has 4 heteroatoms. The van der Waals surface area contributed by atoms with E-state index in [9.17, 15) is 0 Å². The van der Waals surface area contributed by atoms with Gasteiger partial charge in [-0.1, -0.05) is 25.6 Å². The Hall–Kier alpha value is -0.770. The highest BCUT2D eigenvalue weighted by atomic mass is 32.1. The third-order valence-corrected chi connectivity index (χ3v) is 1.51. The van der Waals surface area contributed by atoms with Gasteiger partial charge in [-0.25, -0.2) is 4.98 Å². The van der Waals surface area contributed by atoms with Gasteiger partial charge in [0.2, 0.25) is 0 Å². The molecule has 0 aromatic carbocycles. The van der Waals surface area contributed by atoms with Gasteiger partial charge in [-0.3, -0.25) is 5.10 Å². The number of nitrogens with one attached hydrogen (secondary N) is 1. The molecule has 0 aliphatic heterocycles. The first-order chi connectivity index (χ1) is 4.84. The smallest absolute Gasteiger partial charge is 0.151 e. The van der Waals surface area contributed by atoms with Gasteiger partial charge in [0.15, 0.2) is 4.64 Å². The van der Waals surface area contributed by atoms with Gasteiger partial charge in [0.1, 0.15) is 6.33 Å². The Kier molecular flexibility index (Phi) is 2.50. The molecule has 0 atom stereocenters. The molecule has 10 heavy (non-hydrogen) atoms. The van der Waals surface area contributed by atoms with E-state index in [1.165, 1.54) is 6.33 Å². The van der Waals surface area contributed by atoms with Gasteiger partial charge in [0.05, 0.1) is 5.69 Å². The molecule has 1 rings (SSSR count). The van der Waals surface area contributed by atoms with Crippen LogP contribution in [-0.4, -0.2) is 15.2 Å². The van der Waals surface area contributed by atoms with Crippen molar-refractivity contribution >= 4 is 12.2 Å². The van der Waals surface area contributed by atoms with Crippen LogP contribution in [-0.2, 0) is 6.42 Å². The number of nitrogens with zero attached hydrogens (tertiary/aromatic N) is 2. The minimum atomic E-state index is 0.612. The summed E-state index contributed by atoms with van der Waals surface area (Å²) in [6, 6.07) is 0. The number of aromatic nitrogens is 3. The molecule has 3 nitrogen and oxygen atoms in total. The molecule has 0 saturated heterocycles. The molecular weight excluding hydrogens is 146 g/mol. The van der Waals surface area contributed by atoms with E-state index < -0.39 is 0 Å². The zero-order valence-corrected chi connectivity index (χ0v) is 6.61. The van der Waals surface area contributed by atoms with Gasteiger partial charge in [-0.05, 0) is 6.42 Å². The van der Waals surface area contributed by atoms with Crippen molar-refractivity contribution in [3.05, 3.63) is 16.7 Å². The molecule has 1 aromatic heterocycles. The maximum Gasteiger partial charge on any atom is 0.151 e. The highest BCUT2D eigenvalue weighted by Gasteiger charge is 1.93. The van der Waals surface area contributed by atoms with Crippen LogP contribution in [0.4, 0.5) is 0 Å². The fourth-order valence-corrected chi connectivity index (χ4v) is 0.917. The second-order valence-electron chi connectivity index (χ2n) is 2.00. The molecule has 0 radical (unpaired) electrons.